The van der Waals surface area contributed by atoms with Crippen molar-refractivity contribution in [3.05, 3.63) is 76.2 Å². The van der Waals surface area contributed by atoms with Crippen LogP contribution in [0.2, 0.25) is 0 Å². The summed E-state index contributed by atoms with van der Waals surface area (Å²) in [5.74, 6) is 0. The number of nitrogens with zero attached hydrogens (tertiary/aromatic N) is 2. The van der Waals surface area contributed by atoms with Crippen LogP contribution < -0.4 is 5.56 Å². The third kappa shape index (κ3) is 2.33. The van der Waals surface area contributed by atoms with Gasteiger partial charge in [0.1, 0.15) is 0 Å². The zero-order chi connectivity index (χ0) is 13.9. The maximum absolute atomic E-state index is 12.0. The molecule has 0 radical (unpaired) electrons. The van der Waals surface area contributed by atoms with Gasteiger partial charge in [0, 0.05) is 0 Å². The molecule has 4 heteroatoms. The van der Waals surface area contributed by atoms with E-state index in [4.69, 9.17) is 5.11 Å². The lowest BCUT2D eigenvalue weighted by Crippen LogP contribution is -2.21. The summed E-state index contributed by atoms with van der Waals surface area (Å²) in [4.78, 5) is 16.2. The molecule has 1 aromatic heterocycles. The second-order valence-corrected chi connectivity index (χ2v) is 4.65. The lowest BCUT2D eigenvalue weighted by atomic mass is 10.1. The van der Waals surface area contributed by atoms with E-state index in [-0.39, 0.29) is 12.2 Å². The van der Waals surface area contributed by atoms with E-state index in [9.17, 15) is 4.79 Å². The van der Waals surface area contributed by atoms with Crippen LogP contribution in [0.1, 0.15) is 11.1 Å². The monoisotopic (exact) mass is 266 g/mol. The van der Waals surface area contributed by atoms with Crippen molar-refractivity contribution in [1.29, 1.82) is 0 Å². The summed E-state index contributed by atoms with van der Waals surface area (Å²) in [6, 6.07) is 15.2. The molecule has 0 unspecified atom stereocenters. The van der Waals surface area contributed by atoms with E-state index in [0.717, 1.165) is 22.2 Å². The van der Waals surface area contributed by atoms with Gasteiger partial charge in [0.25, 0.3) is 5.56 Å². The predicted octanol–water partition coefficient (Wildman–Crippen LogP) is 1.94. The number of benzene rings is 2. The van der Waals surface area contributed by atoms with Crippen molar-refractivity contribution in [2.45, 2.75) is 13.2 Å². The van der Waals surface area contributed by atoms with Crippen LogP contribution in [-0.2, 0) is 13.2 Å². The van der Waals surface area contributed by atoms with Crippen LogP contribution in [0.25, 0.3) is 11.0 Å². The topological polar surface area (TPSA) is 55.1 Å². The third-order valence-electron chi connectivity index (χ3n) is 3.30. The fraction of sp³-hybridized carbons (Fsp3) is 0.125. The van der Waals surface area contributed by atoms with E-state index in [1.54, 1.807) is 4.57 Å². The molecule has 0 saturated carbocycles. The molecule has 1 heterocycles. The first-order chi connectivity index (χ1) is 9.78. The Labute approximate surface area is 116 Å². The lowest BCUT2D eigenvalue weighted by molar-refractivity contribution is 0.282. The van der Waals surface area contributed by atoms with E-state index in [1.807, 2.05) is 48.5 Å². The first-order valence-corrected chi connectivity index (χ1v) is 6.41. The number of fused-ring (bicyclic) bond motifs is 1. The van der Waals surface area contributed by atoms with E-state index in [0.29, 0.717) is 6.54 Å². The van der Waals surface area contributed by atoms with Gasteiger partial charge >= 0.3 is 0 Å². The molecule has 0 spiro atoms. The zero-order valence-corrected chi connectivity index (χ0v) is 10.9. The highest BCUT2D eigenvalue weighted by molar-refractivity contribution is 5.74. The molecule has 0 fully saturated rings. The molecule has 0 aliphatic carbocycles. The number of para-hydroxylation sites is 2. The van der Waals surface area contributed by atoms with Gasteiger partial charge in [-0.05, 0) is 23.3 Å². The minimum absolute atomic E-state index is 0.0262. The maximum Gasteiger partial charge on any atom is 0.269 e. The van der Waals surface area contributed by atoms with E-state index >= 15 is 0 Å². The predicted molar refractivity (Wildman–Crippen MR) is 77.5 cm³/mol. The van der Waals surface area contributed by atoms with E-state index in [1.165, 1.54) is 6.20 Å². The Kier molecular flexibility index (Phi) is 3.31. The van der Waals surface area contributed by atoms with Crippen LogP contribution >= 0.6 is 0 Å². The Morgan fingerprint density at radius 1 is 1.00 bits per heavy atom. The van der Waals surface area contributed by atoms with Crippen LogP contribution in [0.5, 0.6) is 0 Å². The largest absolute Gasteiger partial charge is 0.392 e. The SMILES string of the molecule is O=c1cnc2ccccc2n1Cc1ccc(CO)cc1. The summed E-state index contributed by atoms with van der Waals surface area (Å²) in [7, 11) is 0. The maximum atomic E-state index is 12.0. The highest BCUT2D eigenvalue weighted by atomic mass is 16.3. The molecule has 0 saturated heterocycles. The Morgan fingerprint density at radius 3 is 2.45 bits per heavy atom. The number of rotatable bonds is 3. The summed E-state index contributed by atoms with van der Waals surface area (Å²) >= 11 is 0. The van der Waals surface area contributed by atoms with E-state index < -0.39 is 0 Å². The quantitative estimate of drug-likeness (QED) is 0.788. The smallest absolute Gasteiger partial charge is 0.269 e. The standard InChI is InChI=1S/C16H14N2O2/c19-11-13-7-5-12(6-8-13)10-18-15-4-2-1-3-14(15)17-9-16(18)20/h1-9,19H,10-11H2. The van der Waals surface area contributed by atoms with Crippen LogP contribution in [0.4, 0.5) is 0 Å². The number of aliphatic hydroxyl groups excluding tert-OH is 1. The summed E-state index contributed by atoms with van der Waals surface area (Å²) in [6.07, 6.45) is 1.35. The summed E-state index contributed by atoms with van der Waals surface area (Å²) < 4.78 is 1.70. The average Bonchev–Trinajstić information content (AvgIpc) is 2.51. The molecule has 0 amide bonds. The Morgan fingerprint density at radius 2 is 1.70 bits per heavy atom. The first kappa shape index (κ1) is 12.6. The number of hydrogen-bond donors (Lipinski definition) is 1. The number of aromatic nitrogens is 2. The highest BCUT2D eigenvalue weighted by Crippen LogP contribution is 2.11. The summed E-state index contributed by atoms with van der Waals surface area (Å²) in [5.41, 5.74) is 3.39. The minimum Gasteiger partial charge on any atom is -0.392 e. The van der Waals surface area contributed by atoms with Gasteiger partial charge in [-0.1, -0.05) is 36.4 Å². The molecule has 3 aromatic rings. The Bertz CT molecular complexity index is 791. The second-order valence-electron chi connectivity index (χ2n) is 4.65. The summed E-state index contributed by atoms with van der Waals surface area (Å²) in [5, 5.41) is 9.04. The molecule has 4 nitrogen and oxygen atoms in total. The molecular formula is C16H14N2O2. The molecule has 3 rings (SSSR count). The highest BCUT2D eigenvalue weighted by Gasteiger charge is 2.04. The number of aliphatic hydroxyl groups is 1. The van der Waals surface area contributed by atoms with Gasteiger partial charge in [-0.15, -0.1) is 0 Å². The van der Waals surface area contributed by atoms with Crippen LogP contribution in [0.3, 0.4) is 0 Å². The van der Waals surface area contributed by atoms with Gasteiger partial charge in [-0.2, -0.15) is 0 Å². The fourth-order valence-corrected chi connectivity index (χ4v) is 2.21. The van der Waals surface area contributed by atoms with Crippen molar-refractivity contribution in [3.63, 3.8) is 0 Å². The third-order valence-corrected chi connectivity index (χ3v) is 3.30. The van der Waals surface area contributed by atoms with E-state index in [2.05, 4.69) is 4.98 Å². The van der Waals surface area contributed by atoms with Gasteiger partial charge in [-0.3, -0.25) is 4.79 Å². The molecule has 1 N–H and O–H groups in total. The van der Waals surface area contributed by atoms with Gasteiger partial charge < -0.3 is 9.67 Å². The average molecular weight is 266 g/mol. The number of hydrogen-bond acceptors (Lipinski definition) is 3. The van der Waals surface area contributed by atoms with Gasteiger partial charge in [0.2, 0.25) is 0 Å². The lowest BCUT2D eigenvalue weighted by Gasteiger charge is -2.09. The van der Waals surface area contributed by atoms with Gasteiger partial charge in [0.15, 0.2) is 0 Å². The molecule has 0 atom stereocenters. The van der Waals surface area contributed by atoms with Crippen LogP contribution in [-0.4, -0.2) is 14.7 Å². The Hall–Kier alpha value is -2.46. The van der Waals surface area contributed by atoms with Crippen molar-refractivity contribution in [2.75, 3.05) is 0 Å². The normalized spacial score (nSPS) is 10.8. The molecule has 0 bridgehead atoms. The molecule has 0 aliphatic heterocycles. The second kappa shape index (κ2) is 5.27. The first-order valence-electron chi connectivity index (χ1n) is 6.41. The molecule has 2 aromatic carbocycles. The molecule has 100 valence electrons. The van der Waals surface area contributed by atoms with Gasteiger partial charge in [-0.25, -0.2) is 4.98 Å². The van der Waals surface area contributed by atoms with Crippen molar-refractivity contribution in [1.82, 2.24) is 9.55 Å². The Balaban J connectivity index is 2.05. The van der Waals surface area contributed by atoms with Crippen LogP contribution in [0.15, 0.2) is 59.5 Å². The van der Waals surface area contributed by atoms with Gasteiger partial charge in [0.05, 0.1) is 30.4 Å². The van der Waals surface area contributed by atoms with Crippen molar-refractivity contribution in [2.24, 2.45) is 0 Å². The summed E-state index contributed by atoms with van der Waals surface area (Å²) in [6.45, 7) is 0.520. The van der Waals surface area contributed by atoms with Crippen molar-refractivity contribution in [3.8, 4) is 0 Å². The molecule has 20 heavy (non-hydrogen) atoms. The zero-order valence-electron chi connectivity index (χ0n) is 10.9. The van der Waals surface area contributed by atoms with Crippen LogP contribution in [0, 0.1) is 0 Å². The molecule has 0 aliphatic rings. The van der Waals surface area contributed by atoms with Crippen molar-refractivity contribution < 1.29 is 5.11 Å². The van der Waals surface area contributed by atoms with Crippen molar-refractivity contribution >= 4 is 11.0 Å². The minimum atomic E-state index is -0.116. The molecular weight excluding hydrogens is 252 g/mol. The fourth-order valence-electron chi connectivity index (χ4n) is 2.21.